The van der Waals surface area contributed by atoms with Gasteiger partial charge in [-0.3, -0.25) is 9.59 Å². The second-order valence-corrected chi connectivity index (χ2v) is 8.82. The van der Waals surface area contributed by atoms with Crippen LogP contribution in [0, 0.1) is 12.8 Å². The minimum Gasteiger partial charge on any atom is -0.484 e. The summed E-state index contributed by atoms with van der Waals surface area (Å²) in [5.41, 5.74) is 3.76. The smallest absolute Gasteiger partial charge is 0.340 e. The first-order chi connectivity index (χ1) is 16.7. The van der Waals surface area contributed by atoms with Crippen molar-refractivity contribution in [2.75, 3.05) is 25.1 Å². The fraction of sp³-hybridized carbons (Fsp3) is 0.321. The van der Waals surface area contributed by atoms with Gasteiger partial charge >= 0.3 is 5.97 Å². The Morgan fingerprint density at radius 3 is 2.29 bits per heavy atom. The quantitative estimate of drug-likeness (QED) is 0.418. The van der Waals surface area contributed by atoms with Gasteiger partial charge in [-0.05, 0) is 62.6 Å². The Morgan fingerprint density at radius 2 is 1.69 bits per heavy atom. The summed E-state index contributed by atoms with van der Waals surface area (Å²) < 4.78 is 10.8. The van der Waals surface area contributed by atoms with Crippen molar-refractivity contribution in [3.8, 4) is 5.75 Å². The molecule has 0 aromatic heterocycles. The SMILES string of the molecule is CCOC(=O)C1=C(C)N(CC(C)C)C(=O)/C1=C\c1ccc(OCC(=O)Nc2ccc(C)cc2)cc1. The van der Waals surface area contributed by atoms with Gasteiger partial charge in [-0.2, -0.15) is 0 Å². The molecule has 7 heteroatoms. The van der Waals surface area contributed by atoms with E-state index >= 15 is 0 Å². The van der Waals surface area contributed by atoms with Crippen molar-refractivity contribution >= 4 is 29.5 Å². The van der Waals surface area contributed by atoms with Gasteiger partial charge in [0.05, 0.1) is 17.8 Å². The molecule has 35 heavy (non-hydrogen) atoms. The molecule has 2 aromatic rings. The Morgan fingerprint density at radius 1 is 1.03 bits per heavy atom. The summed E-state index contributed by atoms with van der Waals surface area (Å²) in [6.45, 7) is 10.1. The molecule has 2 amide bonds. The molecule has 0 atom stereocenters. The van der Waals surface area contributed by atoms with Gasteiger partial charge in [-0.25, -0.2) is 4.79 Å². The lowest BCUT2D eigenvalue weighted by atomic mass is 10.0. The molecule has 0 radical (unpaired) electrons. The minimum atomic E-state index is -0.504. The van der Waals surface area contributed by atoms with E-state index in [1.165, 1.54) is 0 Å². The van der Waals surface area contributed by atoms with E-state index in [0.717, 1.165) is 11.1 Å². The number of hydrogen-bond donors (Lipinski definition) is 1. The second-order valence-electron chi connectivity index (χ2n) is 8.82. The van der Waals surface area contributed by atoms with E-state index in [0.29, 0.717) is 34.8 Å². The number of carbonyl (C=O) groups excluding carboxylic acids is 3. The highest BCUT2D eigenvalue weighted by molar-refractivity contribution is 6.16. The molecule has 1 N–H and O–H groups in total. The van der Waals surface area contributed by atoms with Crippen LogP contribution in [0.15, 0.2) is 65.4 Å². The third-order valence-electron chi connectivity index (χ3n) is 5.44. The number of anilines is 1. The second kappa shape index (κ2) is 11.5. The van der Waals surface area contributed by atoms with Crippen molar-refractivity contribution in [3.05, 3.63) is 76.5 Å². The molecular weight excluding hydrogens is 444 g/mol. The number of hydrogen-bond acceptors (Lipinski definition) is 5. The van der Waals surface area contributed by atoms with E-state index in [4.69, 9.17) is 9.47 Å². The molecule has 0 unspecified atom stereocenters. The minimum absolute atomic E-state index is 0.133. The van der Waals surface area contributed by atoms with E-state index in [9.17, 15) is 14.4 Å². The third-order valence-corrected chi connectivity index (χ3v) is 5.44. The lowest BCUT2D eigenvalue weighted by Gasteiger charge is -2.19. The third kappa shape index (κ3) is 6.59. The summed E-state index contributed by atoms with van der Waals surface area (Å²) in [6, 6.07) is 14.5. The van der Waals surface area contributed by atoms with Crippen LogP contribution >= 0.6 is 0 Å². The molecule has 3 rings (SSSR count). The van der Waals surface area contributed by atoms with Crippen LogP contribution in [0.4, 0.5) is 5.69 Å². The summed E-state index contributed by atoms with van der Waals surface area (Å²) in [4.78, 5) is 39.5. The van der Waals surface area contributed by atoms with Crippen molar-refractivity contribution in [2.45, 2.75) is 34.6 Å². The number of aryl methyl sites for hydroxylation is 1. The largest absolute Gasteiger partial charge is 0.484 e. The van der Waals surface area contributed by atoms with Crippen LogP contribution in [0.25, 0.3) is 6.08 Å². The molecule has 2 aromatic carbocycles. The van der Waals surface area contributed by atoms with E-state index in [1.54, 1.807) is 49.1 Å². The molecule has 0 saturated carbocycles. The van der Waals surface area contributed by atoms with Crippen molar-refractivity contribution in [3.63, 3.8) is 0 Å². The fourth-order valence-corrected chi connectivity index (χ4v) is 3.72. The van der Waals surface area contributed by atoms with Crippen LogP contribution < -0.4 is 10.1 Å². The molecule has 7 nitrogen and oxygen atoms in total. The standard InChI is InChI=1S/C28H32N2O5/c1-6-34-28(33)26-20(5)30(16-18(2)3)27(32)24(26)15-21-9-13-23(14-10-21)35-17-25(31)29-22-11-7-19(4)8-12-22/h7-15,18H,6,16-17H2,1-5H3,(H,29,31)/b24-15-. The summed E-state index contributed by atoms with van der Waals surface area (Å²) in [5.74, 6) is -0.219. The predicted octanol–water partition coefficient (Wildman–Crippen LogP) is 4.73. The maximum absolute atomic E-state index is 13.1. The number of rotatable bonds is 9. The number of allylic oxidation sites excluding steroid dienone is 1. The van der Waals surface area contributed by atoms with Crippen molar-refractivity contribution in [1.29, 1.82) is 0 Å². The Bertz CT molecular complexity index is 1140. The van der Waals surface area contributed by atoms with Gasteiger partial charge in [0.1, 0.15) is 5.75 Å². The number of amides is 2. The fourth-order valence-electron chi connectivity index (χ4n) is 3.72. The first-order valence-corrected chi connectivity index (χ1v) is 11.7. The van der Waals surface area contributed by atoms with Gasteiger partial charge in [-0.15, -0.1) is 0 Å². The normalized spacial score (nSPS) is 14.6. The van der Waals surface area contributed by atoms with Crippen molar-refractivity contribution in [2.24, 2.45) is 5.92 Å². The van der Waals surface area contributed by atoms with E-state index in [-0.39, 0.29) is 30.9 Å². The topological polar surface area (TPSA) is 84.9 Å². The molecule has 1 aliphatic rings. The van der Waals surface area contributed by atoms with Crippen molar-refractivity contribution in [1.82, 2.24) is 4.90 Å². The number of esters is 1. The van der Waals surface area contributed by atoms with Gasteiger partial charge in [0.15, 0.2) is 6.61 Å². The first kappa shape index (κ1) is 25.7. The number of nitrogens with one attached hydrogen (secondary N) is 1. The van der Waals surface area contributed by atoms with Crippen LogP contribution in [0.2, 0.25) is 0 Å². The molecule has 0 bridgehead atoms. The van der Waals surface area contributed by atoms with Crippen molar-refractivity contribution < 1.29 is 23.9 Å². The molecule has 0 aliphatic carbocycles. The zero-order valence-electron chi connectivity index (χ0n) is 20.9. The van der Waals surface area contributed by atoms with E-state index in [1.807, 2.05) is 45.0 Å². The summed E-state index contributed by atoms with van der Waals surface area (Å²) >= 11 is 0. The maximum atomic E-state index is 13.1. The summed E-state index contributed by atoms with van der Waals surface area (Å²) in [7, 11) is 0. The van der Waals surface area contributed by atoms with Gasteiger partial charge in [0.2, 0.25) is 0 Å². The number of ether oxygens (including phenoxy) is 2. The average molecular weight is 477 g/mol. The Labute approximate surface area is 206 Å². The highest BCUT2D eigenvalue weighted by atomic mass is 16.5. The lowest BCUT2D eigenvalue weighted by Crippen LogP contribution is -2.28. The molecule has 184 valence electrons. The van der Waals surface area contributed by atoms with Gasteiger partial charge in [-0.1, -0.05) is 43.7 Å². The van der Waals surface area contributed by atoms with E-state index in [2.05, 4.69) is 5.32 Å². The number of carbonyl (C=O) groups is 3. The highest BCUT2D eigenvalue weighted by Gasteiger charge is 2.37. The highest BCUT2D eigenvalue weighted by Crippen LogP contribution is 2.32. The van der Waals surface area contributed by atoms with E-state index < -0.39 is 5.97 Å². The first-order valence-electron chi connectivity index (χ1n) is 11.7. The number of benzene rings is 2. The molecule has 0 saturated heterocycles. The molecular formula is C28H32N2O5. The zero-order chi connectivity index (χ0) is 25.5. The Hall–Kier alpha value is -3.87. The monoisotopic (exact) mass is 476 g/mol. The van der Waals surface area contributed by atoms with Crippen LogP contribution in [-0.4, -0.2) is 42.4 Å². The average Bonchev–Trinajstić information content (AvgIpc) is 3.04. The lowest BCUT2D eigenvalue weighted by molar-refractivity contribution is -0.138. The van der Waals surface area contributed by atoms with Gasteiger partial charge in [0, 0.05) is 17.9 Å². The zero-order valence-corrected chi connectivity index (χ0v) is 20.9. The van der Waals surface area contributed by atoms with Crippen LogP contribution in [0.3, 0.4) is 0 Å². The van der Waals surface area contributed by atoms with Crippen LogP contribution in [0.5, 0.6) is 5.75 Å². The summed E-state index contributed by atoms with van der Waals surface area (Å²) in [6.07, 6.45) is 1.69. The predicted molar refractivity (Wildman–Crippen MR) is 136 cm³/mol. The molecule has 0 spiro atoms. The molecule has 0 fully saturated rings. The van der Waals surface area contributed by atoms with Crippen LogP contribution in [-0.2, 0) is 19.1 Å². The maximum Gasteiger partial charge on any atom is 0.340 e. The molecule has 1 heterocycles. The Balaban J connectivity index is 1.71. The van der Waals surface area contributed by atoms with Gasteiger partial charge < -0.3 is 19.7 Å². The van der Waals surface area contributed by atoms with Gasteiger partial charge in [0.25, 0.3) is 11.8 Å². The Kier molecular flexibility index (Phi) is 8.47. The molecule has 1 aliphatic heterocycles. The van der Waals surface area contributed by atoms with Crippen LogP contribution in [0.1, 0.15) is 38.8 Å². The number of nitrogens with zero attached hydrogens (tertiary/aromatic N) is 1. The summed E-state index contributed by atoms with van der Waals surface area (Å²) in [5, 5.41) is 2.79.